The average Bonchev–Trinajstić information content (AvgIpc) is 2.40. The highest BCUT2D eigenvalue weighted by Gasteiger charge is 2.20. The number of hydrogen-bond donors (Lipinski definition) is 0. The highest BCUT2D eigenvalue weighted by Crippen LogP contribution is 2.21. The summed E-state index contributed by atoms with van der Waals surface area (Å²) in [4.78, 5) is 2.58. The van der Waals surface area contributed by atoms with Crippen LogP contribution >= 0.6 is 15.9 Å². The third kappa shape index (κ3) is 3.46. The van der Waals surface area contributed by atoms with E-state index in [1.165, 1.54) is 31.4 Å². The van der Waals surface area contributed by atoms with E-state index in [1.807, 2.05) is 12.1 Å². The minimum atomic E-state index is 0.700. The number of ether oxygens (including phenoxy) is 1. The van der Waals surface area contributed by atoms with Gasteiger partial charge in [0.15, 0.2) is 0 Å². The number of halogens is 1. The van der Waals surface area contributed by atoms with Gasteiger partial charge in [0, 0.05) is 17.9 Å². The molecular formula is C14H20BrNO. The topological polar surface area (TPSA) is 12.5 Å². The summed E-state index contributed by atoms with van der Waals surface area (Å²) in [6.07, 6.45) is 4.02. The largest absolute Gasteiger partial charge is 0.497 e. The fraction of sp³-hybridized carbons (Fsp3) is 0.571. The predicted octanol–water partition coefficient (Wildman–Crippen LogP) is 3.44. The Bertz CT molecular complexity index is 339. The molecule has 1 heterocycles. The minimum absolute atomic E-state index is 0.700. The number of rotatable bonds is 4. The molecule has 1 saturated heterocycles. The zero-order chi connectivity index (χ0) is 12.1. The minimum Gasteiger partial charge on any atom is -0.497 e. The van der Waals surface area contributed by atoms with Crippen molar-refractivity contribution >= 4 is 15.9 Å². The van der Waals surface area contributed by atoms with Crippen LogP contribution in [0.2, 0.25) is 0 Å². The summed E-state index contributed by atoms with van der Waals surface area (Å²) in [6, 6.07) is 9.12. The fourth-order valence-corrected chi connectivity index (χ4v) is 3.14. The molecule has 3 heteroatoms. The molecule has 0 amide bonds. The molecule has 0 radical (unpaired) electrons. The third-order valence-corrected chi connectivity index (χ3v) is 4.22. The van der Waals surface area contributed by atoms with Crippen LogP contribution in [0.1, 0.15) is 24.8 Å². The summed E-state index contributed by atoms with van der Waals surface area (Å²) in [6.45, 7) is 2.28. The van der Waals surface area contributed by atoms with Crippen molar-refractivity contribution in [3.63, 3.8) is 0 Å². The Balaban J connectivity index is 1.98. The summed E-state index contributed by atoms with van der Waals surface area (Å²) in [7, 11) is 1.71. The van der Waals surface area contributed by atoms with E-state index in [0.717, 1.165) is 17.6 Å². The van der Waals surface area contributed by atoms with Crippen LogP contribution in [0.4, 0.5) is 0 Å². The maximum atomic E-state index is 5.18. The zero-order valence-electron chi connectivity index (χ0n) is 10.4. The van der Waals surface area contributed by atoms with Gasteiger partial charge in [-0.1, -0.05) is 34.5 Å². The van der Waals surface area contributed by atoms with Gasteiger partial charge in [-0.2, -0.15) is 0 Å². The lowest BCUT2D eigenvalue weighted by Crippen LogP contribution is -2.39. The van der Waals surface area contributed by atoms with Crippen LogP contribution in [-0.2, 0) is 6.54 Å². The normalized spacial score (nSPS) is 21.4. The van der Waals surface area contributed by atoms with Gasteiger partial charge in [0.25, 0.3) is 0 Å². The van der Waals surface area contributed by atoms with Crippen LogP contribution in [-0.4, -0.2) is 29.9 Å². The van der Waals surface area contributed by atoms with Gasteiger partial charge in [0.1, 0.15) is 5.75 Å². The molecule has 1 atom stereocenters. The lowest BCUT2D eigenvalue weighted by atomic mass is 10.0. The fourth-order valence-electron chi connectivity index (χ4n) is 2.41. The van der Waals surface area contributed by atoms with Crippen molar-refractivity contribution in [2.75, 3.05) is 19.0 Å². The molecule has 0 bridgehead atoms. The van der Waals surface area contributed by atoms with Gasteiger partial charge < -0.3 is 4.74 Å². The molecule has 1 fully saturated rings. The molecule has 2 nitrogen and oxygen atoms in total. The number of methoxy groups -OCH3 is 1. The average molecular weight is 298 g/mol. The van der Waals surface area contributed by atoms with Gasteiger partial charge in [-0.15, -0.1) is 0 Å². The quantitative estimate of drug-likeness (QED) is 0.790. The Labute approximate surface area is 112 Å². The van der Waals surface area contributed by atoms with Crippen LogP contribution < -0.4 is 4.74 Å². The first kappa shape index (κ1) is 12.9. The summed E-state index contributed by atoms with van der Waals surface area (Å²) in [5.41, 5.74) is 1.37. The first-order valence-corrected chi connectivity index (χ1v) is 7.38. The SMILES string of the molecule is COc1ccc(CN2CCCCC2CBr)cc1. The van der Waals surface area contributed by atoms with Crippen LogP contribution in [0.3, 0.4) is 0 Å². The second-order valence-electron chi connectivity index (χ2n) is 4.62. The predicted molar refractivity (Wildman–Crippen MR) is 74.8 cm³/mol. The Kier molecular flexibility index (Phi) is 4.86. The Morgan fingerprint density at radius 2 is 2.06 bits per heavy atom. The van der Waals surface area contributed by atoms with E-state index in [4.69, 9.17) is 4.74 Å². The van der Waals surface area contributed by atoms with Crippen molar-refractivity contribution in [3.8, 4) is 5.75 Å². The van der Waals surface area contributed by atoms with E-state index in [0.29, 0.717) is 6.04 Å². The molecule has 0 saturated carbocycles. The van der Waals surface area contributed by atoms with Crippen LogP contribution in [0, 0.1) is 0 Å². The molecule has 17 heavy (non-hydrogen) atoms. The number of nitrogens with zero attached hydrogens (tertiary/aromatic N) is 1. The second-order valence-corrected chi connectivity index (χ2v) is 5.27. The Hall–Kier alpha value is -0.540. The first-order chi connectivity index (χ1) is 8.33. The smallest absolute Gasteiger partial charge is 0.118 e. The molecule has 0 aromatic heterocycles. The summed E-state index contributed by atoms with van der Waals surface area (Å²) in [5.74, 6) is 0.935. The lowest BCUT2D eigenvalue weighted by Gasteiger charge is -2.34. The van der Waals surface area contributed by atoms with Gasteiger partial charge in [-0.3, -0.25) is 4.90 Å². The molecule has 94 valence electrons. The molecule has 2 rings (SSSR count). The third-order valence-electron chi connectivity index (χ3n) is 3.47. The Morgan fingerprint density at radius 3 is 2.71 bits per heavy atom. The van der Waals surface area contributed by atoms with E-state index in [-0.39, 0.29) is 0 Å². The van der Waals surface area contributed by atoms with Crippen LogP contribution in [0.5, 0.6) is 5.75 Å². The van der Waals surface area contributed by atoms with E-state index >= 15 is 0 Å². The second kappa shape index (κ2) is 6.41. The molecular weight excluding hydrogens is 278 g/mol. The van der Waals surface area contributed by atoms with Crippen molar-refractivity contribution < 1.29 is 4.74 Å². The number of alkyl halides is 1. The van der Waals surface area contributed by atoms with Gasteiger partial charge in [-0.05, 0) is 37.1 Å². The number of likely N-dealkylation sites (tertiary alicyclic amines) is 1. The summed E-state index contributed by atoms with van der Waals surface area (Å²) in [5, 5.41) is 1.09. The monoisotopic (exact) mass is 297 g/mol. The van der Waals surface area contributed by atoms with E-state index in [2.05, 4.69) is 33.0 Å². The first-order valence-electron chi connectivity index (χ1n) is 6.26. The highest BCUT2D eigenvalue weighted by atomic mass is 79.9. The van der Waals surface area contributed by atoms with Gasteiger partial charge in [0.05, 0.1) is 7.11 Å². The molecule has 0 aliphatic carbocycles. The molecule has 1 aromatic rings. The maximum absolute atomic E-state index is 5.18. The van der Waals surface area contributed by atoms with Crippen molar-refractivity contribution in [2.24, 2.45) is 0 Å². The highest BCUT2D eigenvalue weighted by molar-refractivity contribution is 9.09. The molecule has 0 N–H and O–H groups in total. The van der Waals surface area contributed by atoms with Crippen molar-refractivity contribution in [1.82, 2.24) is 4.90 Å². The lowest BCUT2D eigenvalue weighted by molar-refractivity contribution is 0.156. The molecule has 1 aliphatic rings. The van der Waals surface area contributed by atoms with Gasteiger partial charge in [-0.25, -0.2) is 0 Å². The van der Waals surface area contributed by atoms with Gasteiger partial charge in [0.2, 0.25) is 0 Å². The summed E-state index contributed by atoms with van der Waals surface area (Å²) >= 11 is 3.63. The van der Waals surface area contributed by atoms with Crippen molar-refractivity contribution in [3.05, 3.63) is 29.8 Å². The van der Waals surface area contributed by atoms with E-state index < -0.39 is 0 Å². The zero-order valence-corrected chi connectivity index (χ0v) is 11.9. The molecule has 1 unspecified atom stereocenters. The van der Waals surface area contributed by atoms with E-state index in [9.17, 15) is 0 Å². The summed E-state index contributed by atoms with van der Waals surface area (Å²) < 4.78 is 5.18. The molecule has 1 aliphatic heterocycles. The molecule has 1 aromatic carbocycles. The number of benzene rings is 1. The van der Waals surface area contributed by atoms with Crippen molar-refractivity contribution in [1.29, 1.82) is 0 Å². The molecule has 0 spiro atoms. The van der Waals surface area contributed by atoms with E-state index in [1.54, 1.807) is 7.11 Å². The van der Waals surface area contributed by atoms with Crippen LogP contribution in [0.15, 0.2) is 24.3 Å². The number of piperidine rings is 1. The van der Waals surface area contributed by atoms with Crippen molar-refractivity contribution in [2.45, 2.75) is 31.8 Å². The maximum Gasteiger partial charge on any atom is 0.118 e. The van der Waals surface area contributed by atoms with Gasteiger partial charge >= 0.3 is 0 Å². The van der Waals surface area contributed by atoms with Crippen LogP contribution in [0.25, 0.3) is 0 Å². The Morgan fingerprint density at radius 1 is 1.29 bits per heavy atom. The number of hydrogen-bond acceptors (Lipinski definition) is 2. The standard InChI is InChI=1S/C14H20BrNO/c1-17-14-7-5-12(6-8-14)11-16-9-3-2-4-13(16)10-15/h5-8,13H,2-4,9-11H2,1H3.